The summed E-state index contributed by atoms with van der Waals surface area (Å²) in [6, 6.07) is 0.332. The first-order valence-corrected chi connectivity index (χ1v) is 7.45. The van der Waals surface area contributed by atoms with E-state index in [1.54, 1.807) is 13.8 Å². The molecule has 7 nitrogen and oxygen atoms in total. The highest BCUT2D eigenvalue weighted by Gasteiger charge is 2.29. The van der Waals surface area contributed by atoms with Gasteiger partial charge in [-0.2, -0.15) is 12.7 Å². The molecule has 1 amide bonds. The average molecular weight is 279 g/mol. The van der Waals surface area contributed by atoms with Crippen molar-refractivity contribution in [2.24, 2.45) is 0 Å². The van der Waals surface area contributed by atoms with Gasteiger partial charge in [-0.25, -0.2) is 9.52 Å². The molecule has 8 heteroatoms. The molecule has 0 aromatic carbocycles. The van der Waals surface area contributed by atoms with E-state index in [0.29, 0.717) is 19.1 Å². The minimum absolute atomic E-state index is 0.332. The molecule has 0 aromatic rings. The fourth-order valence-electron chi connectivity index (χ4n) is 1.79. The lowest BCUT2D eigenvalue weighted by Crippen LogP contribution is -2.49. The van der Waals surface area contributed by atoms with E-state index in [1.165, 1.54) is 4.31 Å². The first-order chi connectivity index (χ1) is 8.35. The molecule has 106 valence electrons. The van der Waals surface area contributed by atoms with Gasteiger partial charge in [0, 0.05) is 19.1 Å². The maximum atomic E-state index is 11.9. The minimum atomic E-state index is -3.78. The van der Waals surface area contributed by atoms with Crippen LogP contribution in [0.4, 0.5) is 4.79 Å². The smallest absolute Gasteiger partial charge is 0.422 e. The van der Waals surface area contributed by atoms with E-state index in [1.807, 2.05) is 11.8 Å². The second-order valence-electron chi connectivity index (χ2n) is 4.52. The van der Waals surface area contributed by atoms with Gasteiger partial charge in [-0.05, 0) is 33.7 Å². The summed E-state index contributed by atoms with van der Waals surface area (Å²) in [5.74, 6) is 0. The van der Waals surface area contributed by atoms with Gasteiger partial charge in [0.25, 0.3) is 0 Å². The van der Waals surface area contributed by atoms with Crippen molar-refractivity contribution in [3.05, 3.63) is 0 Å². The van der Waals surface area contributed by atoms with Gasteiger partial charge in [-0.15, -0.1) is 0 Å². The highest BCUT2D eigenvalue weighted by molar-refractivity contribution is 7.87. The predicted molar refractivity (Wildman–Crippen MR) is 67.3 cm³/mol. The second-order valence-corrected chi connectivity index (χ2v) is 6.19. The number of carbonyl (C=O) groups is 1. The van der Waals surface area contributed by atoms with E-state index >= 15 is 0 Å². The van der Waals surface area contributed by atoms with Crippen LogP contribution in [-0.4, -0.2) is 51.1 Å². The van der Waals surface area contributed by atoms with Crippen LogP contribution in [0, 0.1) is 0 Å². The Morgan fingerprint density at radius 1 is 1.33 bits per heavy atom. The van der Waals surface area contributed by atoms with Crippen molar-refractivity contribution in [1.82, 2.24) is 14.3 Å². The third-order valence-electron chi connectivity index (χ3n) is 2.76. The van der Waals surface area contributed by atoms with Gasteiger partial charge in [0.05, 0.1) is 6.10 Å². The molecule has 0 radical (unpaired) electrons. The summed E-state index contributed by atoms with van der Waals surface area (Å²) in [5, 5.41) is 3.11. The van der Waals surface area contributed by atoms with E-state index in [0.717, 1.165) is 12.8 Å². The van der Waals surface area contributed by atoms with Gasteiger partial charge in [0.15, 0.2) is 0 Å². The Balaban J connectivity index is 2.52. The Kier molecular flexibility index (Phi) is 5.36. The van der Waals surface area contributed by atoms with Crippen LogP contribution < -0.4 is 10.0 Å². The summed E-state index contributed by atoms with van der Waals surface area (Å²) in [6.07, 6.45) is 0.184. The third-order valence-corrected chi connectivity index (χ3v) is 4.23. The Morgan fingerprint density at radius 3 is 2.33 bits per heavy atom. The molecule has 1 aliphatic rings. The van der Waals surface area contributed by atoms with Crippen LogP contribution in [0.25, 0.3) is 0 Å². The van der Waals surface area contributed by atoms with Crippen molar-refractivity contribution < 1.29 is 17.9 Å². The molecule has 1 fully saturated rings. The number of ether oxygens (including phenoxy) is 1. The zero-order valence-electron chi connectivity index (χ0n) is 11.0. The molecule has 18 heavy (non-hydrogen) atoms. The number of piperidine rings is 1. The van der Waals surface area contributed by atoms with Crippen LogP contribution in [0.3, 0.4) is 0 Å². The Hall–Kier alpha value is -0.860. The topological polar surface area (TPSA) is 87.7 Å². The Morgan fingerprint density at radius 2 is 1.89 bits per heavy atom. The summed E-state index contributed by atoms with van der Waals surface area (Å²) in [4.78, 5) is 11.3. The normalized spacial score (nSPS) is 18.9. The molecule has 1 aliphatic heterocycles. The number of nitrogens with one attached hydrogen (secondary N) is 2. The molecule has 1 rings (SSSR count). The number of nitrogens with zero attached hydrogens (tertiary/aromatic N) is 1. The van der Waals surface area contributed by atoms with Gasteiger partial charge in [-0.1, -0.05) is 0 Å². The van der Waals surface area contributed by atoms with E-state index < -0.39 is 16.3 Å². The van der Waals surface area contributed by atoms with Gasteiger partial charge < -0.3 is 10.1 Å². The molecule has 1 saturated heterocycles. The summed E-state index contributed by atoms with van der Waals surface area (Å²) >= 11 is 0. The molecule has 0 saturated carbocycles. The highest BCUT2D eigenvalue weighted by Crippen LogP contribution is 2.12. The zero-order chi connectivity index (χ0) is 13.8. The number of hydrogen-bond donors (Lipinski definition) is 2. The summed E-state index contributed by atoms with van der Waals surface area (Å²) in [5.41, 5.74) is 0. The van der Waals surface area contributed by atoms with Crippen molar-refractivity contribution in [2.75, 3.05) is 20.1 Å². The van der Waals surface area contributed by atoms with E-state index in [9.17, 15) is 13.2 Å². The maximum absolute atomic E-state index is 11.9. The molecule has 1 heterocycles. The molecule has 0 bridgehead atoms. The maximum Gasteiger partial charge on any atom is 0.422 e. The first kappa shape index (κ1) is 15.2. The highest BCUT2D eigenvalue weighted by atomic mass is 32.2. The first-order valence-electron chi connectivity index (χ1n) is 6.01. The number of carbonyl (C=O) groups excluding carboxylic acids is 1. The van der Waals surface area contributed by atoms with Crippen LogP contribution in [0.2, 0.25) is 0 Å². The van der Waals surface area contributed by atoms with Gasteiger partial charge in [0.1, 0.15) is 0 Å². The number of amides is 1. The SMILES string of the molecule is CNC1CCN(S(=O)(=O)NC(=O)OC(C)C)CC1. The molecule has 0 atom stereocenters. The lowest BCUT2D eigenvalue weighted by molar-refractivity contribution is 0.120. The van der Waals surface area contributed by atoms with E-state index in [4.69, 9.17) is 4.74 Å². The van der Waals surface area contributed by atoms with Gasteiger partial charge in [-0.3, -0.25) is 0 Å². The largest absolute Gasteiger partial charge is 0.446 e. The predicted octanol–water partition coefficient (Wildman–Crippen LogP) is 0.0496. The van der Waals surface area contributed by atoms with Crippen LogP contribution in [-0.2, 0) is 14.9 Å². The Labute approximate surface area is 108 Å². The fraction of sp³-hybridized carbons (Fsp3) is 0.900. The van der Waals surface area contributed by atoms with Crippen LogP contribution in [0.1, 0.15) is 26.7 Å². The van der Waals surface area contributed by atoms with Crippen molar-refractivity contribution in [1.29, 1.82) is 0 Å². The lowest BCUT2D eigenvalue weighted by atomic mass is 10.1. The monoisotopic (exact) mass is 279 g/mol. The standard InChI is InChI=1S/C10H21N3O4S/c1-8(2)17-10(14)12-18(15,16)13-6-4-9(11-3)5-7-13/h8-9,11H,4-7H2,1-3H3,(H,12,14). The van der Waals surface area contributed by atoms with Crippen molar-refractivity contribution >= 4 is 16.3 Å². The summed E-state index contributed by atoms with van der Waals surface area (Å²) in [7, 11) is -1.92. The number of rotatable bonds is 4. The Bertz CT molecular complexity index is 375. The van der Waals surface area contributed by atoms with Crippen LogP contribution >= 0.6 is 0 Å². The quantitative estimate of drug-likeness (QED) is 0.759. The molecule has 0 aliphatic carbocycles. The van der Waals surface area contributed by atoms with Gasteiger partial charge in [0.2, 0.25) is 0 Å². The molecule has 2 N–H and O–H groups in total. The molecule has 0 spiro atoms. The molecule has 0 aromatic heterocycles. The number of hydrogen-bond acceptors (Lipinski definition) is 5. The average Bonchev–Trinajstić information content (AvgIpc) is 2.27. The van der Waals surface area contributed by atoms with E-state index in [2.05, 4.69) is 5.32 Å². The fourth-order valence-corrected chi connectivity index (χ4v) is 2.87. The second kappa shape index (κ2) is 6.35. The molecular formula is C10H21N3O4S. The van der Waals surface area contributed by atoms with Crippen LogP contribution in [0.5, 0.6) is 0 Å². The zero-order valence-corrected chi connectivity index (χ0v) is 11.8. The van der Waals surface area contributed by atoms with Crippen molar-refractivity contribution in [3.8, 4) is 0 Å². The van der Waals surface area contributed by atoms with Crippen LogP contribution in [0.15, 0.2) is 0 Å². The summed E-state index contributed by atoms with van der Waals surface area (Å²) < 4.78 is 31.7. The minimum Gasteiger partial charge on any atom is -0.446 e. The van der Waals surface area contributed by atoms with E-state index in [-0.39, 0.29) is 6.10 Å². The van der Waals surface area contributed by atoms with Crippen molar-refractivity contribution in [2.45, 2.75) is 38.8 Å². The summed E-state index contributed by atoms with van der Waals surface area (Å²) in [6.45, 7) is 4.11. The lowest BCUT2D eigenvalue weighted by Gasteiger charge is -2.30. The third kappa shape index (κ3) is 4.43. The molecular weight excluding hydrogens is 258 g/mol. The van der Waals surface area contributed by atoms with Crippen molar-refractivity contribution in [3.63, 3.8) is 0 Å². The molecule has 0 unspecified atom stereocenters. The van der Waals surface area contributed by atoms with Gasteiger partial charge >= 0.3 is 16.3 Å².